The number of hydrogen-bond acceptors (Lipinski definition) is 8. The molecule has 0 aliphatic carbocycles. The van der Waals surface area contributed by atoms with Crippen molar-refractivity contribution in [2.24, 2.45) is 5.92 Å². The van der Waals surface area contributed by atoms with E-state index in [0.717, 1.165) is 0 Å². The molecule has 0 aliphatic heterocycles. The minimum Gasteiger partial charge on any atom is -0.460 e. The first-order valence-electron chi connectivity index (χ1n) is 9.13. The van der Waals surface area contributed by atoms with E-state index in [1.165, 1.54) is 0 Å². The van der Waals surface area contributed by atoms with Crippen LogP contribution in [0, 0.1) is 5.92 Å². The van der Waals surface area contributed by atoms with Crippen LogP contribution in [0.15, 0.2) is 12.2 Å². The van der Waals surface area contributed by atoms with E-state index in [4.69, 9.17) is 19.7 Å². The van der Waals surface area contributed by atoms with Crippen LogP contribution in [0.4, 0.5) is 0 Å². The van der Waals surface area contributed by atoms with Crippen LogP contribution in [0.3, 0.4) is 0 Å². The van der Waals surface area contributed by atoms with E-state index in [-0.39, 0.29) is 31.1 Å². The topological polar surface area (TPSA) is 93.1 Å². The number of ether oxygens (including phenoxy) is 2. The summed E-state index contributed by atoms with van der Waals surface area (Å²) < 4.78 is 10.2. The van der Waals surface area contributed by atoms with E-state index < -0.39 is 11.2 Å². The summed E-state index contributed by atoms with van der Waals surface area (Å²) in [6.45, 7) is 18.3. The Morgan fingerprint density at radius 1 is 1.04 bits per heavy atom. The van der Waals surface area contributed by atoms with Gasteiger partial charge in [-0.3, -0.25) is 4.79 Å². The van der Waals surface area contributed by atoms with Gasteiger partial charge in [0.25, 0.3) is 0 Å². The third kappa shape index (κ3) is 27.5. The normalized spacial score (nSPS) is 11.8. The van der Waals surface area contributed by atoms with Gasteiger partial charge in [0.15, 0.2) is 0 Å². The lowest BCUT2D eigenvalue weighted by Gasteiger charge is -2.22. The molecule has 0 aromatic rings. The highest BCUT2D eigenvalue weighted by Crippen LogP contribution is 2.14. The van der Waals surface area contributed by atoms with Gasteiger partial charge in [-0.15, -0.1) is 0 Å². The Labute approximate surface area is 180 Å². The average molecular weight is 441 g/mol. The number of hydrogen-bond donors (Lipinski definition) is 3. The van der Waals surface area contributed by atoms with Crippen molar-refractivity contribution in [3.63, 3.8) is 0 Å². The minimum atomic E-state index is -0.410. The van der Waals surface area contributed by atoms with Crippen LogP contribution >= 0.6 is 24.4 Å². The maximum Gasteiger partial charge on any atom is 0.333 e. The van der Waals surface area contributed by atoms with Crippen molar-refractivity contribution in [3.05, 3.63) is 12.2 Å². The molecule has 2 N–H and O–H groups in total. The molecule has 0 aromatic carbocycles. The summed E-state index contributed by atoms with van der Waals surface area (Å²) in [5.74, 6) is 1.35. The van der Waals surface area contributed by atoms with Crippen LogP contribution in [0.1, 0.15) is 55.4 Å². The highest BCUT2D eigenvalue weighted by Gasteiger charge is 2.21. The molecule has 0 rings (SSSR count). The van der Waals surface area contributed by atoms with Crippen LogP contribution in [-0.4, -0.2) is 63.8 Å². The number of thioether (sulfide) groups is 1. The van der Waals surface area contributed by atoms with Crippen molar-refractivity contribution >= 4 is 36.3 Å². The Hall–Kier alpha value is -0.700. The average Bonchev–Trinajstić information content (AvgIpc) is 2.52. The third-order valence-corrected chi connectivity index (χ3v) is 3.67. The van der Waals surface area contributed by atoms with Crippen molar-refractivity contribution in [1.82, 2.24) is 0 Å². The zero-order chi connectivity index (χ0) is 23.0. The van der Waals surface area contributed by atoms with Crippen LogP contribution < -0.4 is 0 Å². The Bertz CT molecular complexity index is 437. The van der Waals surface area contributed by atoms with Crippen molar-refractivity contribution < 1.29 is 29.3 Å². The second-order valence-corrected chi connectivity index (χ2v) is 9.56. The van der Waals surface area contributed by atoms with Crippen molar-refractivity contribution in [2.75, 3.05) is 30.5 Å². The van der Waals surface area contributed by atoms with Crippen molar-refractivity contribution in [1.29, 1.82) is 0 Å². The molecule has 8 heteroatoms. The summed E-state index contributed by atoms with van der Waals surface area (Å²) in [5, 5.41) is 16.4. The van der Waals surface area contributed by atoms with E-state index >= 15 is 0 Å². The number of carbonyl (C=O) groups excluding carboxylic acids is 2. The fourth-order valence-electron chi connectivity index (χ4n) is 1.16. The molecule has 0 saturated carbocycles. The second kappa shape index (κ2) is 17.2. The largest absolute Gasteiger partial charge is 0.460 e. The van der Waals surface area contributed by atoms with E-state index in [2.05, 4.69) is 19.2 Å². The predicted molar refractivity (Wildman–Crippen MR) is 121 cm³/mol. The maximum absolute atomic E-state index is 11.5. The van der Waals surface area contributed by atoms with Gasteiger partial charge in [0.05, 0.1) is 19.1 Å². The Morgan fingerprint density at radius 3 is 1.71 bits per heavy atom. The van der Waals surface area contributed by atoms with Gasteiger partial charge in [0.1, 0.15) is 11.2 Å². The van der Waals surface area contributed by atoms with Gasteiger partial charge in [0, 0.05) is 22.8 Å². The number of rotatable bonds is 7. The molecule has 168 valence electrons. The van der Waals surface area contributed by atoms with Gasteiger partial charge in [-0.05, 0) is 48.5 Å². The summed E-state index contributed by atoms with van der Waals surface area (Å²) in [7, 11) is 0. The van der Waals surface area contributed by atoms with Gasteiger partial charge in [-0.25, -0.2) is 4.79 Å². The van der Waals surface area contributed by atoms with Crippen LogP contribution in [0.25, 0.3) is 0 Å². The fraction of sp³-hybridized carbons (Fsp3) is 0.800. The van der Waals surface area contributed by atoms with E-state index in [1.807, 2.05) is 48.5 Å². The Morgan fingerprint density at radius 2 is 1.46 bits per heavy atom. The number of aliphatic hydroxyl groups is 2. The minimum absolute atomic E-state index is 0.106. The zero-order valence-corrected chi connectivity index (χ0v) is 20.4. The first-order chi connectivity index (χ1) is 12.6. The molecule has 0 aliphatic rings. The van der Waals surface area contributed by atoms with E-state index in [1.54, 1.807) is 18.7 Å². The first-order valence-corrected chi connectivity index (χ1v) is 10.9. The van der Waals surface area contributed by atoms with Gasteiger partial charge in [-0.1, -0.05) is 13.5 Å². The molecule has 0 fully saturated rings. The van der Waals surface area contributed by atoms with Crippen molar-refractivity contribution in [2.45, 2.75) is 66.6 Å². The highest BCUT2D eigenvalue weighted by molar-refractivity contribution is 7.99. The fourth-order valence-corrected chi connectivity index (χ4v) is 1.95. The smallest absolute Gasteiger partial charge is 0.333 e. The van der Waals surface area contributed by atoms with Crippen molar-refractivity contribution in [3.8, 4) is 0 Å². The number of aliphatic hydroxyl groups excluding tert-OH is 2. The van der Waals surface area contributed by atoms with Crippen LogP contribution in [-0.2, 0) is 19.1 Å². The monoisotopic (exact) mass is 440 g/mol. The molecule has 0 saturated heterocycles. The summed E-state index contributed by atoms with van der Waals surface area (Å²) >= 11 is 5.24. The molecule has 0 amide bonds. The van der Waals surface area contributed by atoms with Gasteiger partial charge >= 0.3 is 11.9 Å². The standard InChI is InChI=1S/C10H20O3S.C8H14O2.C2H6OS/c1-8(7-14-6-5-11)9(12)13-10(2,3)4;1-6(2)7(9)10-8(3,4)5;3-1-2-4/h8,11H,5-7H2,1-4H3;1H2,2-5H3;3-4H,1-2H2. The zero-order valence-electron chi connectivity index (χ0n) is 18.7. The summed E-state index contributed by atoms with van der Waals surface area (Å²) in [4.78, 5) is 22.3. The van der Waals surface area contributed by atoms with Crippen LogP contribution in [0.2, 0.25) is 0 Å². The molecule has 0 bridgehead atoms. The predicted octanol–water partition coefficient (Wildman–Crippen LogP) is 3.50. The van der Waals surface area contributed by atoms with Gasteiger partial charge in [0.2, 0.25) is 0 Å². The van der Waals surface area contributed by atoms with E-state index in [9.17, 15) is 9.59 Å². The van der Waals surface area contributed by atoms with Gasteiger partial charge < -0.3 is 19.7 Å². The molecule has 0 radical (unpaired) electrons. The Balaban J connectivity index is -0.000000388. The number of thiol groups is 1. The third-order valence-electron chi connectivity index (χ3n) is 2.26. The quantitative estimate of drug-likeness (QED) is 0.241. The molecule has 6 nitrogen and oxygen atoms in total. The van der Waals surface area contributed by atoms with Crippen LogP contribution in [0.5, 0.6) is 0 Å². The number of esters is 2. The maximum atomic E-state index is 11.5. The molecule has 1 unspecified atom stereocenters. The summed E-state index contributed by atoms with van der Waals surface area (Å²) in [6, 6.07) is 0. The molecular formula is C20H40O6S2. The summed E-state index contributed by atoms with van der Waals surface area (Å²) in [5.41, 5.74) is -0.377. The molecule has 0 spiro atoms. The molecule has 28 heavy (non-hydrogen) atoms. The highest BCUT2D eigenvalue weighted by atomic mass is 32.2. The number of carbonyl (C=O) groups is 2. The lowest BCUT2D eigenvalue weighted by molar-refractivity contribution is -0.158. The first kappa shape index (κ1) is 32.0. The van der Waals surface area contributed by atoms with Gasteiger partial charge in [-0.2, -0.15) is 24.4 Å². The lowest BCUT2D eigenvalue weighted by Crippen LogP contribution is -2.28. The van der Waals surface area contributed by atoms with E-state index in [0.29, 0.717) is 22.8 Å². The SMILES string of the molecule is C=C(C)C(=O)OC(C)(C)C.CC(CSCCO)C(=O)OC(C)(C)C.OCCS. The molecule has 0 heterocycles. The molecule has 1 atom stereocenters. The second-order valence-electron chi connectivity index (χ2n) is 7.96. The Kier molecular flexibility index (Phi) is 19.6. The lowest BCUT2D eigenvalue weighted by atomic mass is 10.1. The molecule has 0 aromatic heterocycles. The summed E-state index contributed by atoms with van der Waals surface area (Å²) in [6.07, 6.45) is 0. The molecular weight excluding hydrogens is 400 g/mol.